The monoisotopic (exact) mass is 340 g/mol. The lowest BCUT2D eigenvalue weighted by Gasteiger charge is -2.13. The maximum Gasteiger partial charge on any atom is 0.232 e. The van der Waals surface area contributed by atoms with E-state index in [0.717, 1.165) is 11.3 Å². The van der Waals surface area contributed by atoms with Crippen LogP contribution < -0.4 is 4.74 Å². The predicted octanol–water partition coefficient (Wildman–Crippen LogP) is 2.25. The average molecular weight is 340 g/mol. The Bertz CT molecular complexity index is 857. The van der Waals surface area contributed by atoms with Gasteiger partial charge in [-0.05, 0) is 18.2 Å². The first-order valence-corrected chi connectivity index (χ1v) is 7.87. The van der Waals surface area contributed by atoms with E-state index in [9.17, 15) is 4.79 Å². The molecule has 4 heterocycles. The van der Waals surface area contributed by atoms with Crippen molar-refractivity contribution < 1.29 is 18.5 Å². The second-order valence-corrected chi connectivity index (χ2v) is 5.80. The number of pyridine rings is 1. The molecule has 25 heavy (non-hydrogen) atoms. The Morgan fingerprint density at radius 2 is 2.28 bits per heavy atom. The van der Waals surface area contributed by atoms with Crippen molar-refractivity contribution in [1.82, 2.24) is 20.0 Å². The summed E-state index contributed by atoms with van der Waals surface area (Å²) < 4.78 is 15.7. The predicted molar refractivity (Wildman–Crippen MR) is 85.6 cm³/mol. The summed E-state index contributed by atoms with van der Waals surface area (Å²) in [6.45, 7) is 0.980. The zero-order chi connectivity index (χ0) is 17.2. The first kappa shape index (κ1) is 15.4. The highest BCUT2D eigenvalue weighted by Crippen LogP contribution is 2.29. The summed E-state index contributed by atoms with van der Waals surface area (Å²) in [5.74, 6) is 2.11. The molecular formula is C17H16N4O4. The normalized spacial score (nSPS) is 17.2. The molecule has 0 unspecified atom stereocenters. The summed E-state index contributed by atoms with van der Waals surface area (Å²) >= 11 is 0. The Balaban J connectivity index is 1.47. The van der Waals surface area contributed by atoms with Gasteiger partial charge in [0, 0.05) is 30.8 Å². The van der Waals surface area contributed by atoms with E-state index in [1.54, 1.807) is 36.6 Å². The highest BCUT2D eigenvalue weighted by Gasteiger charge is 2.34. The number of furan rings is 1. The van der Waals surface area contributed by atoms with Gasteiger partial charge in [0.1, 0.15) is 5.76 Å². The van der Waals surface area contributed by atoms with Crippen LogP contribution in [-0.2, 0) is 11.3 Å². The summed E-state index contributed by atoms with van der Waals surface area (Å²) in [5, 5.41) is 4.00. The van der Waals surface area contributed by atoms with Crippen LogP contribution >= 0.6 is 0 Å². The highest BCUT2D eigenvalue weighted by atomic mass is 16.5. The molecule has 1 fully saturated rings. The second kappa shape index (κ2) is 6.39. The van der Waals surface area contributed by atoms with Gasteiger partial charge in [-0.2, -0.15) is 4.98 Å². The molecule has 1 atom stereocenters. The van der Waals surface area contributed by atoms with Crippen molar-refractivity contribution in [2.24, 2.45) is 0 Å². The Labute approximate surface area is 143 Å². The molecule has 1 saturated heterocycles. The van der Waals surface area contributed by atoms with E-state index in [-0.39, 0.29) is 11.8 Å². The Morgan fingerprint density at radius 1 is 1.36 bits per heavy atom. The largest absolute Gasteiger partial charge is 0.481 e. The summed E-state index contributed by atoms with van der Waals surface area (Å²) in [6, 6.07) is 7.20. The van der Waals surface area contributed by atoms with E-state index in [2.05, 4.69) is 15.1 Å². The van der Waals surface area contributed by atoms with Gasteiger partial charge >= 0.3 is 0 Å². The number of methoxy groups -OCH3 is 1. The molecule has 0 saturated carbocycles. The lowest BCUT2D eigenvalue weighted by Crippen LogP contribution is -2.24. The maximum atomic E-state index is 12.2. The van der Waals surface area contributed by atoms with Gasteiger partial charge in [-0.1, -0.05) is 5.16 Å². The highest BCUT2D eigenvalue weighted by molar-refractivity contribution is 5.79. The van der Waals surface area contributed by atoms with Gasteiger partial charge in [0.05, 0.1) is 25.8 Å². The van der Waals surface area contributed by atoms with E-state index in [0.29, 0.717) is 37.1 Å². The third kappa shape index (κ3) is 3.10. The molecule has 8 nitrogen and oxygen atoms in total. The fourth-order valence-corrected chi connectivity index (χ4v) is 2.83. The molecule has 1 aliphatic heterocycles. The Morgan fingerprint density at radius 3 is 3.00 bits per heavy atom. The third-order valence-corrected chi connectivity index (χ3v) is 4.14. The van der Waals surface area contributed by atoms with Crippen LogP contribution in [0.1, 0.15) is 24.0 Å². The molecule has 0 spiro atoms. The fraction of sp³-hybridized carbons (Fsp3) is 0.294. The number of aromatic nitrogens is 3. The van der Waals surface area contributed by atoms with E-state index < -0.39 is 0 Å². The molecular weight excluding hydrogens is 324 g/mol. The first-order valence-electron chi connectivity index (χ1n) is 7.87. The SMILES string of the molecule is COc1ccc(-c2noc([C@H]3CC(=O)N(Cc4ccco4)C3)n2)cn1. The molecule has 1 amide bonds. The molecule has 0 aliphatic carbocycles. The minimum absolute atomic E-state index is 0.0484. The van der Waals surface area contributed by atoms with Gasteiger partial charge in [-0.15, -0.1) is 0 Å². The molecule has 8 heteroatoms. The Hall–Kier alpha value is -3.16. The number of rotatable bonds is 5. The molecule has 3 aromatic heterocycles. The van der Waals surface area contributed by atoms with Crippen molar-refractivity contribution in [3.63, 3.8) is 0 Å². The van der Waals surface area contributed by atoms with E-state index >= 15 is 0 Å². The van der Waals surface area contributed by atoms with Gasteiger partial charge in [-0.25, -0.2) is 4.98 Å². The Kier molecular flexibility index (Phi) is 3.93. The molecule has 128 valence electrons. The summed E-state index contributed by atoms with van der Waals surface area (Å²) in [7, 11) is 1.56. The molecule has 4 rings (SSSR count). The van der Waals surface area contributed by atoms with Crippen LogP contribution in [0, 0.1) is 0 Å². The van der Waals surface area contributed by atoms with Crippen LogP contribution in [0.3, 0.4) is 0 Å². The summed E-state index contributed by atoms with van der Waals surface area (Å²) in [4.78, 5) is 22.5. The minimum atomic E-state index is -0.116. The van der Waals surface area contributed by atoms with Gasteiger partial charge < -0.3 is 18.6 Å². The zero-order valence-electron chi connectivity index (χ0n) is 13.6. The smallest absolute Gasteiger partial charge is 0.232 e. The quantitative estimate of drug-likeness (QED) is 0.703. The molecule has 0 radical (unpaired) electrons. The molecule has 1 aliphatic rings. The van der Waals surface area contributed by atoms with Crippen molar-refractivity contribution in [3.05, 3.63) is 48.4 Å². The van der Waals surface area contributed by atoms with Gasteiger partial charge in [0.25, 0.3) is 0 Å². The molecule has 0 bridgehead atoms. The number of ether oxygens (including phenoxy) is 1. The zero-order valence-corrected chi connectivity index (χ0v) is 13.6. The van der Waals surface area contributed by atoms with Crippen LogP contribution in [0.15, 0.2) is 45.7 Å². The van der Waals surface area contributed by atoms with Gasteiger partial charge in [0.2, 0.25) is 23.5 Å². The number of amides is 1. The van der Waals surface area contributed by atoms with E-state index in [4.69, 9.17) is 13.7 Å². The fourth-order valence-electron chi connectivity index (χ4n) is 2.83. The first-order chi connectivity index (χ1) is 12.2. The van der Waals surface area contributed by atoms with Crippen molar-refractivity contribution in [2.75, 3.05) is 13.7 Å². The van der Waals surface area contributed by atoms with Crippen LogP contribution in [0.2, 0.25) is 0 Å². The van der Waals surface area contributed by atoms with Crippen LogP contribution in [0.25, 0.3) is 11.4 Å². The van der Waals surface area contributed by atoms with Crippen molar-refractivity contribution in [2.45, 2.75) is 18.9 Å². The number of hydrogen-bond acceptors (Lipinski definition) is 7. The third-order valence-electron chi connectivity index (χ3n) is 4.14. The lowest BCUT2D eigenvalue weighted by atomic mass is 10.1. The van der Waals surface area contributed by atoms with Crippen LogP contribution in [0.4, 0.5) is 0 Å². The second-order valence-electron chi connectivity index (χ2n) is 5.80. The number of carbonyl (C=O) groups excluding carboxylic acids is 1. The van der Waals surface area contributed by atoms with Gasteiger partial charge in [0.15, 0.2) is 0 Å². The van der Waals surface area contributed by atoms with Crippen molar-refractivity contribution >= 4 is 5.91 Å². The molecule has 0 aromatic carbocycles. The average Bonchev–Trinajstić information content (AvgIpc) is 3.37. The molecule has 3 aromatic rings. The van der Waals surface area contributed by atoms with Gasteiger partial charge in [-0.3, -0.25) is 4.79 Å². The number of hydrogen-bond donors (Lipinski definition) is 0. The number of likely N-dealkylation sites (tertiary alicyclic amines) is 1. The lowest BCUT2D eigenvalue weighted by molar-refractivity contribution is -0.128. The number of nitrogens with zero attached hydrogens (tertiary/aromatic N) is 4. The van der Waals surface area contributed by atoms with E-state index in [1.165, 1.54) is 0 Å². The van der Waals surface area contributed by atoms with Crippen molar-refractivity contribution in [3.8, 4) is 17.3 Å². The topological polar surface area (TPSA) is 94.5 Å². The van der Waals surface area contributed by atoms with Crippen molar-refractivity contribution in [1.29, 1.82) is 0 Å². The minimum Gasteiger partial charge on any atom is -0.481 e. The summed E-state index contributed by atoms with van der Waals surface area (Å²) in [5.41, 5.74) is 0.729. The van der Waals surface area contributed by atoms with Crippen LogP contribution in [0.5, 0.6) is 5.88 Å². The number of carbonyl (C=O) groups is 1. The van der Waals surface area contributed by atoms with E-state index in [1.807, 2.05) is 12.1 Å². The van der Waals surface area contributed by atoms with Crippen LogP contribution in [-0.4, -0.2) is 39.6 Å². The summed E-state index contributed by atoms with van der Waals surface area (Å²) in [6.07, 6.45) is 3.57. The maximum absolute atomic E-state index is 12.2. The standard InChI is InChI=1S/C17H16N4O4/c1-23-14-5-4-11(8-18-14)16-19-17(25-20-16)12-7-15(22)21(9-12)10-13-3-2-6-24-13/h2-6,8,12H,7,9-10H2,1H3/t12-/m0/s1. The molecule has 0 N–H and O–H groups in total.